The molecule has 2 N–H and O–H groups in total. The van der Waals surface area contributed by atoms with E-state index in [4.69, 9.17) is 4.42 Å². The van der Waals surface area contributed by atoms with Crippen LogP contribution in [0.3, 0.4) is 0 Å². The van der Waals surface area contributed by atoms with E-state index in [0.29, 0.717) is 24.3 Å². The van der Waals surface area contributed by atoms with Crippen LogP contribution in [0.25, 0.3) is 0 Å². The molecule has 1 atom stereocenters. The van der Waals surface area contributed by atoms with Crippen LogP contribution in [0.15, 0.2) is 105 Å². The second-order valence-corrected chi connectivity index (χ2v) is 11.9. The van der Waals surface area contributed by atoms with Gasteiger partial charge in [0.25, 0.3) is 10.0 Å². The van der Waals surface area contributed by atoms with Gasteiger partial charge in [-0.1, -0.05) is 74.5 Å². The van der Waals surface area contributed by atoms with Gasteiger partial charge < -0.3 is 9.52 Å². The maximum atomic E-state index is 13.5. The first-order valence-corrected chi connectivity index (χ1v) is 14.9. The summed E-state index contributed by atoms with van der Waals surface area (Å²) in [6.45, 7) is 4.12. The second kappa shape index (κ2) is 10.7. The fourth-order valence-corrected chi connectivity index (χ4v) is 6.68. The van der Waals surface area contributed by atoms with Gasteiger partial charge >= 0.3 is 5.63 Å². The van der Waals surface area contributed by atoms with E-state index in [-0.39, 0.29) is 28.0 Å². The van der Waals surface area contributed by atoms with E-state index in [1.54, 1.807) is 36.4 Å². The SMILES string of the molecule is CCC(CC)(c1ccccc1)c1cc(O)c(C(c2ccc(NS(=O)(=O)c3ccccc3)cc2)C2CC2)c(=O)o1. The number of hydrogen-bond acceptors (Lipinski definition) is 5. The largest absolute Gasteiger partial charge is 0.507 e. The molecule has 7 heteroatoms. The molecule has 0 saturated heterocycles. The average molecular weight is 544 g/mol. The molecule has 0 aliphatic heterocycles. The van der Waals surface area contributed by atoms with Crippen molar-refractivity contribution in [3.8, 4) is 5.75 Å². The normalized spacial score (nSPS) is 14.6. The highest BCUT2D eigenvalue weighted by Gasteiger charge is 2.39. The molecule has 0 radical (unpaired) electrons. The van der Waals surface area contributed by atoms with Gasteiger partial charge in [0.2, 0.25) is 0 Å². The smallest absolute Gasteiger partial charge is 0.343 e. The van der Waals surface area contributed by atoms with E-state index in [0.717, 1.165) is 24.0 Å². The van der Waals surface area contributed by atoms with Crippen molar-refractivity contribution >= 4 is 15.7 Å². The monoisotopic (exact) mass is 543 g/mol. The zero-order valence-corrected chi connectivity index (χ0v) is 22.9. The molecule has 6 nitrogen and oxygen atoms in total. The van der Waals surface area contributed by atoms with Gasteiger partial charge in [0.15, 0.2) is 0 Å². The fourth-order valence-electron chi connectivity index (χ4n) is 5.60. The molecule has 1 saturated carbocycles. The highest BCUT2D eigenvalue weighted by atomic mass is 32.2. The Kier molecular flexibility index (Phi) is 7.36. The Hall–Kier alpha value is -3.84. The summed E-state index contributed by atoms with van der Waals surface area (Å²) in [6.07, 6.45) is 3.29. The number of nitrogens with one attached hydrogen (secondary N) is 1. The fraction of sp³-hybridized carbons (Fsp3) is 0.281. The van der Waals surface area contributed by atoms with Crippen LogP contribution < -0.4 is 10.3 Å². The van der Waals surface area contributed by atoms with Crippen molar-refractivity contribution in [3.63, 3.8) is 0 Å². The van der Waals surface area contributed by atoms with Gasteiger partial charge in [-0.05, 0) is 67.0 Å². The molecular weight excluding hydrogens is 510 g/mol. The van der Waals surface area contributed by atoms with E-state index in [1.165, 1.54) is 12.1 Å². The lowest BCUT2D eigenvalue weighted by molar-refractivity contribution is 0.326. The lowest BCUT2D eigenvalue weighted by Crippen LogP contribution is -2.28. The summed E-state index contributed by atoms with van der Waals surface area (Å²) in [5, 5.41) is 11.3. The Morgan fingerprint density at radius 2 is 1.51 bits per heavy atom. The Bertz CT molecular complexity index is 1590. The molecule has 5 rings (SSSR count). The molecule has 1 aliphatic carbocycles. The maximum Gasteiger partial charge on any atom is 0.343 e. The number of aromatic hydroxyl groups is 1. The van der Waals surface area contributed by atoms with Crippen molar-refractivity contribution in [1.82, 2.24) is 0 Å². The van der Waals surface area contributed by atoms with Crippen molar-refractivity contribution in [2.45, 2.75) is 55.8 Å². The summed E-state index contributed by atoms with van der Waals surface area (Å²) in [5.41, 5.74) is 1.49. The van der Waals surface area contributed by atoms with Crippen molar-refractivity contribution in [1.29, 1.82) is 0 Å². The van der Waals surface area contributed by atoms with Crippen LogP contribution in [0.4, 0.5) is 5.69 Å². The molecule has 1 heterocycles. The minimum absolute atomic E-state index is 0.0609. The van der Waals surface area contributed by atoms with Crippen LogP contribution in [0.2, 0.25) is 0 Å². The van der Waals surface area contributed by atoms with E-state index in [2.05, 4.69) is 18.6 Å². The molecule has 0 bridgehead atoms. The summed E-state index contributed by atoms with van der Waals surface area (Å²) < 4.78 is 34.0. The quantitative estimate of drug-likeness (QED) is 0.229. The molecular formula is C32H33NO5S. The number of hydrogen-bond donors (Lipinski definition) is 2. The van der Waals surface area contributed by atoms with Crippen LogP contribution in [0, 0.1) is 5.92 Å². The first-order chi connectivity index (χ1) is 18.8. The van der Waals surface area contributed by atoms with Gasteiger partial charge in [0, 0.05) is 17.7 Å². The van der Waals surface area contributed by atoms with E-state index in [1.807, 2.05) is 42.5 Å². The standard InChI is InChI=1S/C32H33NO5S/c1-3-32(4-2,24-11-7-5-8-12-24)28-21-27(34)30(31(35)38-28)29(22-15-16-22)23-17-19-25(20-18-23)33-39(36,37)26-13-9-6-10-14-26/h5-14,17-22,29,33-34H,3-4,15-16H2,1-2H3. The number of sulfonamides is 1. The third-order valence-corrected chi connectivity index (χ3v) is 9.35. The van der Waals surface area contributed by atoms with Crippen LogP contribution in [-0.2, 0) is 15.4 Å². The first-order valence-electron chi connectivity index (χ1n) is 13.4. The van der Waals surface area contributed by atoms with Crippen molar-refractivity contribution in [2.75, 3.05) is 4.72 Å². The average Bonchev–Trinajstić information content (AvgIpc) is 3.79. The Morgan fingerprint density at radius 1 is 0.923 bits per heavy atom. The number of rotatable bonds is 10. The molecule has 1 aliphatic rings. The Morgan fingerprint density at radius 3 is 2.05 bits per heavy atom. The first kappa shape index (κ1) is 26.8. The predicted octanol–water partition coefficient (Wildman–Crippen LogP) is 6.79. The van der Waals surface area contributed by atoms with E-state index >= 15 is 0 Å². The second-order valence-electron chi connectivity index (χ2n) is 10.2. The van der Waals surface area contributed by atoms with E-state index < -0.39 is 21.1 Å². The molecule has 0 amide bonds. The number of benzene rings is 3. The lowest BCUT2D eigenvalue weighted by atomic mass is 9.73. The van der Waals surface area contributed by atoms with Gasteiger partial charge in [-0.2, -0.15) is 0 Å². The van der Waals surface area contributed by atoms with Gasteiger partial charge in [-0.15, -0.1) is 0 Å². The third-order valence-electron chi connectivity index (χ3n) is 7.95. The highest BCUT2D eigenvalue weighted by molar-refractivity contribution is 7.92. The molecule has 1 unspecified atom stereocenters. The van der Waals surface area contributed by atoms with Crippen LogP contribution in [0.5, 0.6) is 5.75 Å². The van der Waals surface area contributed by atoms with Crippen LogP contribution in [-0.4, -0.2) is 13.5 Å². The van der Waals surface area contributed by atoms with Crippen molar-refractivity contribution in [2.24, 2.45) is 5.92 Å². The highest BCUT2D eigenvalue weighted by Crippen LogP contribution is 2.48. The van der Waals surface area contributed by atoms with Crippen LogP contribution >= 0.6 is 0 Å². The molecule has 39 heavy (non-hydrogen) atoms. The topological polar surface area (TPSA) is 96.6 Å². The minimum atomic E-state index is -3.72. The zero-order valence-electron chi connectivity index (χ0n) is 22.1. The molecule has 0 spiro atoms. The minimum Gasteiger partial charge on any atom is -0.507 e. The molecule has 4 aromatic rings. The van der Waals surface area contributed by atoms with Crippen molar-refractivity contribution < 1.29 is 17.9 Å². The van der Waals surface area contributed by atoms with Crippen molar-refractivity contribution in [3.05, 3.63) is 124 Å². The Labute approximate surface area is 229 Å². The van der Waals surface area contributed by atoms with Gasteiger partial charge in [-0.25, -0.2) is 13.2 Å². The maximum absolute atomic E-state index is 13.5. The van der Waals surface area contributed by atoms with Gasteiger partial charge in [-0.3, -0.25) is 4.72 Å². The van der Waals surface area contributed by atoms with E-state index in [9.17, 15) is 18.3 Å². The molecule has 202 valence electrons. The summed E-state index contributed by atoms with van der Waals surface area (Å²) in [4.78, 5) is 13.7. The lowest BCUT2D eigenvalue weighted by Gasteiger charge is -2.31. The summed E-state index contributed by atoms with van der Waals surface area (Å²) in [6, 6.07) is 26.7. The third kappa shape index (κ3) is 5.23. The van der Waals surface area contributed by atoms with Crippen LogP contribution in [0.1, 0.15) is 67.9 Å². The summed E-state index contributed by atoms with van der Waals surface area (Å²) >= 11 is 0. The Balaban J connectivity index is 1.48. The van der Waals surface area contributed by atoms with Gasteiger partial charge in [0.1, 0.15) is 11.5 Å². The number of anilines is 1. The summed E-state index contributed by atoms with van der Waals surface area (Å²) in [5.74, 6) is 0.261. The molecule has 3 aromatic carbocycles. The zero-order chi connectivity index (χ0) is 27.6. The summed E-state index contributed by atoms with van der Waals surface area (Å²) in [7, 11) is -3.72. The predicted molar refractivity (Wildman–Crippen MR) is 153 cm³/mol. The molecule has 1 aromatic heterocycles. The van der Waals surface area contributed by atoms with Gasteiger partial charge in [0.05, 0.1) is 15.9 Å². The molecule has 1 fully saturated rings.